The van der Waals surface area contributed by atoms with Gasteiger partial charge in [-0.05, 0) is 43.5 Å². The van der Waals surface area contributed by atoms with Gasteiger partial charge in [0.05, 0.1) is 6.42 Å². The van der Waals surface area contributed by atoms with Gasteiger partial charge in [0.25, 0.3) is 0 Å². The van der Waals surface area contributed by atoms with Crippen molar-refractivity contribution in [2.75, 3.05) is 6.54 Å². The number of likely N-dealkylation sites (N-methyl/N-ethyl adjacent to an activating group) is 1. The molecule has 2 N–H and O–H groups in total. The van der Waals surface area contributed by atoms with Crippen LogP contribution in [0.15, 0.2) is 18.2 Å². The van der Waals surface area contributed by atoms with Gasteiger partial charge in [0, 0.05) is 6.04 Å². The van der Waals surface area contributed by atoms with Crippen molar-refractivity contribution in [1.82, 2.24) is 5.32 Å². The number of aryl methyl sites for hydroxylation is 2. The summed E-state index contributed by atoms with van der Waals surface area (Å²) < 4.78 is 0. The maximum Gasteiger partial charge on any atom is 0.304 e. The van der Waals surface area contributed by atoms with Crippen LogP contribution in [0.5, 0.6) is 0 Å². The number of carboxylic acids is 1. The second-order valence-corrected chi connectivity index (χ2v) is 4.48. The second kappa shape index (κ2) is 6.40. The van der Waals surface area contributed by atoms with E-state index >= 15 is 0 Å². The largest absolute Gasteiger partial charge is 0.481 e. The lowest BCUT2D eigenvalue weighted by Gasteiger charge is -2.16. The molecule has 0 aliphatic carbocycles. The molecule has 3 nitrogen and oxygen atoms in total. The van der Waals surface area contributed by atoms with Crippen molar-refractivity contribution < 1.29 is 9.90 Å². The predicted octanol–water partition coefficient (Wildman–Crippen LogP) is 2.30. The van der Waals surface area contributed by atoms with Gasteiger partial charge in [-0.2, -0.15) is 0 Å². The topological polar surface area (TPSA) is 49.3 Å². The Morgan fingerprint density at radius 2 is 2.06 bits per heavy atom. The minimum atomic E-state index is -0.750. The van der Waals surface area contributed by atoms with Gasteiger partial charge in [0.1, 0.15) is 0 Å². The molecule has 0 radical (unpaired) electrons. The lowest BCUT2D eigenvalue weighted by Crippen LogP contribution is -2.33. The SMILES string of the molecule is CCNC(CC(=O)O)Cc1ccc(C)c(C)c1. The van der Waals surface area contributed by atoms with Crippen LogP contribution in [0.2, 0.25) is 0 Å². The molecule has 0 aromatic heterocycles. The number of rotatable bonds is 6. The van der Waals surface area contributed by atoms with E-state index in [0.29, 0.717) is 0 Å². The molecule has 0 aliphatic heterocycles. The number of nitrogens with one attached hydrogen (secondary N) is 1. The summed E-state index contributed by atoms with van der Waals surface area (Å²) in [5.41, 5.74) is 3.72. The van der Waals surface area contributed by atoms with Crippen molar-refractivity contribution in [2.45, 2.75) is 39.7 Å². The van der Waals surface area contributed by atoms with E-state index in [1.807, 2.05) is 6.92 Å². The van der Waals surface area contributed by atoms with Crippen LogP contribution in [0.1, 0.15) is 30.0 Å². The highest BCUT2D eigenvalue weighted by Gasteiger charge is 2.12. The zero-order valence-electron chi connectivity index (χ0n) is 10.8. The van der Waals surface area contributed by atoms with Crippen molar-refractivity contribution in [3.8, 4) is 0 Å². The van der Waals surface area contributed by atoms with E-state index in [1.54, 1.807) is 0 Å². The molecule has 3 heteroatoms. The highest BCUT2D eigenvalue weighted by atomic mass is 16.4. The van der Waals surface area contributed by atoms with E-state index < -0.39 is 5.97 Å². The monoisotopic (exact) mass is 235 g/mol. The Morgan fingerprint density at radius 1 is 1.35 bits per heavy atom. The molecule has 0 fully saturated rings. The molecule has 94 valence electrons. The van der Waals surface area contributed by atoms with Gasteiger partial charge in [-0.15, -0.1) is 0 Å². The third-order valence-corrected chi connectivity index (χ3v) is 2.97. The normalized spacial score (nSPS) is 12.4. The molecule has 1 atom stereocenters. The van der Waals surface area contributed by atoms with Crippen molar-refractivity contribution in [2.24, 2.45) is 0 Å². The molecule has 0 amide bonds. The smallest absolute Gasteiger partial charge is 0.304 e. The van der Waals surface area contributed by atoms with Crippen molar-refractivity contribution in [1.29, 1.82) is 0 Å². The first-order valence-corrected chi connectivity index (χ1v) is 6.04. The quantitative estimate of drug-likeness (QED) is 0.795. The van der Waals surface area contributed by atoms with Crippen LogP contribution >= 0.6 is 0 Å². The van der Waals surface area contributed by atoms with Gasteiger partial charge in [0.15, 0.2) is 0 Å². The number of carbonyl (C=O) groups is 1. The molecule has 0 aliphatic rings. The van der Waals surface area contributed by atoms with Crippen LogP contribution in [0.25, 0.3) is 0 Å². The summed E-state index contributed by atoms with van der Waals surface area (Å²) in [5, 5.41) is 12.1. The third kappa shape index (κ3) is 4.57. The van der Waals surface area contributed by atoms with Crippen LogP contribution < -0.4 is 5.32 Å². The van der Waals surface area contributed by atoms with Crippen LogP contribution in [0.4, 0.5) is 0 Å². The van der Waals surface area contributed by atoms with Gasteiger partial charge in [0.2, 0.25) is 0 Å². The van der Waals surface area contributed by atoms with E-state index in [-0.39, 0.29) is 12.5 Å². The fraction of sp³-hybridized carbons (Fsp3) is 0.500. The average molecular weight is 235 g/mol. The van der Waals surface area contributed by atoms with Crippen LogP contribution in [-0.4, -0.2) is 23.7 Å². The molecule has 1 rings (SSSR count). The fourth-order valence-corrected chi connectivity index (χ4v) is 1.93. The fourth-order valence-electron chi connectivity index (χ4n) is 1.93. The molecule has 0 spiro atoms. The van der Waals surface area contributed by atoms with Crippen LogP contribution in [-0.2, 0) is 11.2 Å². The number of benzene rings is 1. The highest BCUT2D eigenvalue weighted by molar-refractivity contribution is 5.67. The van der Waals surface area contributed by atoms with E-state index in [9.17, 15) is 4.79 Å². The molecular weight excluding hydrogens is 214 g/mol. The van der Waals surface area contributed by atoms with Crippen molar-refractivity contribution in [3.63, 3.8) is 0 Å². The Morgan fingerprint density at radius 3 is 2.59 bits per heavy atom. The zero-order chi connectivity index (χ0) is 12.8. The lowest BCUT2D eigenvalue weighted by molar-refractivity contribution is -0.137. The molecule has 1 aromatic rings. The number of carboxylic acid groups (broad SMARTS) is 1. The van der Waals surface area contributed by atoms with Gasteiger partial charge < -0.3 is 10.4 Å². The molecule has 1 aromatic carbocycles. The molecule has 0 bridgehead atoms. The molecular formula is C14H21NO2. The minimum Gasteiger partial charge on any atom is -0.481 e. The zero-order valence-corrected chi connectivity index (χ0v) is 10.8. The summed E-state index contributed by atoms with van der Waals surface area (Å²) >= 11 is 0. The van der Waals surface area contributed by atoms with Gasteiger partial charge in [-0.3, -0.25) is 4.79 Å². The summed E-state index contributed by atoms with van der Waals surface area (Å²) in [6.45, 7) is 6.95. The predicted molar refractivity (Wildman–Crippen MR) is 69.3 cm³/mol. The minimum absolute atomic E-state index is 0.0135. The van der Waals surface area contributed by atoms with Gasteiger partial charge in [-0.1, -0.05) is 25.1 Å². The van der Waals surface area contributed by atoms with Gasteiger partial charge >= 0.3 is 5.97 Å². The Balaban J connectivity index is 2.71. The summed E-state index contributed by atoms with van der Waals surface area (Å²) in [6.07, 6.45) is 0.933. The Bertz CT molecular complexity index is 388. The second-order valence-electron chi connectivity index (χ2n) is 4.48. The third-order valence-electron chi connectivity index (χ3n) is 2.97. The maximum absolute atomic E-state index is 10.8. The molecule has 1 unspecified atom stereocenters. The molecule has 0 saturated heterocycles. The maximum atomic E-state index is 10.8. The first-order valence-electron chi connectivity index (χ1n) is 6.04. The standard InChI is InChI=1S/C14H21NO2/c1-4-15-13(9-14(16)17)8-12-6-5-10(2)11(3)7-12/h5-7,13,15H,4,8-9H2,1-3H3,(H,16,17). The van der Waals surface area contributed by atoms with Crippen LogP contribution in [0.3, 0.4) is 0 Å². The first-order chi connectivity index (χ1) is 8.02. The number of hydrogen-bond acceptors (Lipinski definition) is 2. The van der Waals surface area contributed by atoms with E-state index in [0.717, 1.165) is 13.0 Å². The highest BCUT2D eigenvalue weighted by Crippen LogP contribution is 2.12. The number of hydrogen-bond donors (Lipinski definition) is 2. The van der Waals surface area contributed by atoms with E-state index in [1.165, 1.54) is 16.7 Å². The van der Waals surface area contributed by atoms with E-state index in [2.05, 4.69) is 37.4 Å². The Hall–Kier alpha value is -1.35. The molecule has 0 saturated carbocycles. The van der Waals surface area contributed by atoms with Crippen molar-refractivity contribution >= 4 is 5.97 Å². The van der Waals surface area contributed by atoms with E-state index in [4.69, 9.17) is 5.11 Å². The van der Waals surface area contributed by atoms with Crippen LogP contribution in [0, 0.1) is 13.8 Å². The summed E-state index contributed by atoms with van der Waals surface area (Å²) in [4.78, 5) is 10.8. The van der Waals surface area contributed by atoms with Crippen molar-refractivity contribution in [3.05, 3.63) is 34.9 Å². The Kier molecular flexibility index (Phi) is 5.16. The lowest BCUT2D eigenvalue weighted by atomic mass is 9.99. The first kappa shape index (κ1) is 13.7. The average Bonchev–Trinajstić information content (AvgIpc) is 2.23. The summed E-state index contributed by atoms with van der Waals surface area (Å²) in [6, 6.07) is 6.32. The summed E-state index contributed by atoms with van der Waals surface area (Å²) in [7, 11) is 0. The molecule has 17 heavy (non-hydrogen) atoms. The molecule has 0 heterocycles. The van der Waals surface area contributed by atoms with Gasteiger partial charge in [-0.25, -0.2) is 0 Å². The summed E-state index contributed by atoms with van der Waals surface area (Å²) in [5.74, 6) is -0.750. The Labute approximate surface area is 103 Å². The number of aliphatic carboxylic acids is 1.